The van der Waals surface area contributed by atoms with Crippen molar-refractivity contribution in [3.8, 4) is 11.3 Å². The van der Waals surface area contributed by atoms with Crippen molar-refractivity contribution in [1.82, 2.24) is 10.3 Å². The van der Waals surface area contributed by atoms with Gasteiger partial charge >= 0.3 is 5.97 Å². The molecule has 1 N–H and O–H groups in total. The highest BCUT2D eigenvalue weighted by atomic mass is 35.5. The minimum absolute atomic E-state index is 0.282. The Hall–Kier alpha value is -3.88. The Bertz CT molecular complexity index is 1600. The van der Waals surface area contributed by atoms with E-state index in [1.165, 1.54) is 13.5 Å². The van der Waals surface area contributed by atoms with Crippen LogP contribution in [0, 0.1) is 11.8 Å². The van der Waals surface area contributed by atoms with E-state index in [1.54, 1.807) is 18.3 Å². The van der Waals surface area contributed by atoms with Gasteiger partial charge in [-0.15, -0.1) is 0 Å². The molecule has 4 heterocycles. The predicted molar refractivity (Wildman–Crippen MR) is 170 cm³/mol. The van der Waals surface area contributed by atoms with Gasteiger partial charge in [0, 0.05) is 30.5 Å². The molecule has 7 nitrogen and oxygen atoms in total. The van der Waals surface area contributed by atoms with Crippen LogP contribution >= 0.6 is 23.8 Å². The number of rotatable bonds is 6. The number of carbonyl (C=O) groups is 1. The standard InChI is InChI=1S/C33H33ClN4O3S/c1-20-16-21(2)19-37(18-20)27-12-11-22(17-25(27)34)38-31(30(36-33(38)42)26-10-6-7-15-35-26)29-14-13-28(41-29)23-8-4-5-9-24(23)32(39)40-3/h4-15,17,20-21,30-31H,16,18-19H2,1-3H3,(H,36,42). The van der Waals surface area contributed by atoms with Crippen LogP contribution in [0.25, 0.3) is 11.3 Å². The summed E-state index contributed by atoms with van der Waals surface area (Å²) in [7, 11) is 1.37. The Balaban J connectivity index is 1.40. The van der Waals surface area contributed by atoms with E-state index in [1.807, 2.05) is 53.4 Å². The molecule has 0 saturated carbocycles. The van der Waals surface area contributed by atoms with Crippen molar-refractivity contribution in [2.75, 3.05) is 30.0 Å². The Morgan fingerprint density at radius 1 is 1.05 bits per heavy atom. The summed E-state index contributed by atoms with van der Waals surface area (Å²) in [6.45, 7) is 6.56. The van der Waals surface area contributed by atoms with Crippen LogP contribution < -0.4 is 15.1 Å². The fraction of sp³-hybridized carbons (Fsp3) is 0.303. The smallest absolute Gasteiger partial charge is 0.338 e. The minimum atomic E-state index is -0.424. The first kappa shape index (κ1) is 28.2. The third-order valence-corrected chi connectivity index (χ3v) is 8.65. The Morgan fingerprint density at radius 2 is 1.81 bits per heavy atom. The number of hydrogen-bond acceptors (Lipinski definition) is 6. The molecule has 4 unspecified atom stereocenters. The van der Waals surface area contributed by atoms with Crippen molar-refractivity contribution in [3.63, 3.8) is 0 Å². The summed E-state index contributed by atoms with van der Waals surface area (Å²) in [6, 6.07) is 22.4. The molecule has 2 aromatic heterocycles. The van der Waals surface area contributed by atoms with E-state index in [2.05, 4.69) is 41.2 Å². The van der Waals surface area contributed by atoms with E-state index in [-0.39, 0.29) is 12.1 Å². The summed E-state index contributed by atoms with van der Waals surface area (Å²) in [6.07, 6.45) is 3.00. The van der Waals surface area contributed by atoms with Crippen LogP contribution in [0.5, 0.6) is 0 Å². The van der Waals surface area contributed by atoms with E-state index < -0.39 is 5.97 Å². The van der Waals surface area contributed by atoms with Gasteiger partial charge in [0.05, 0.1) is 35.1 Å². The first-order valence-electron chi connectivity index (χ1n) is 14.2. The topological polar surface area (TPSA) is 70.8 Å². The fourth-order valence-corrected chi connectivity index (χ4v) is 6.97. The molecule has 0 radical (unpaired) electrons. The predicted octanol–water partition coefficient (Wildman–Crippen LogP) is 7.44. The molecule has 9 heteroatoms. The molecular weight excluding hydrogens is 568 g/mol. The number of pyridine rings is 1. The van der Waals surface area contributed by atoms with Gasteiger partial charge in [-0.25, -0.2) is 4.79 Å². The molecule has 42 heavy (non-hydrogen) atoms. The summed E-state index contributed by atoms with van der Waals surface area (Å²) in [5, 5.41) is 4.70. The van der Waals surface area contributed by atoms with Crippen molar-refractivity contribution in [3.05, 3.63) is 101 Å². The summed E-state index contributed by atoms with van der Waals surface area (Å²) in [5.41, 5.74) is 3.81. The number of thiocarbonyl (C=S) groups is 1. The second kappa shape index (κ2) is 11.8. The summed E-state index contributed by atoms with van der Waals surface area (Å²) < 4.78 is 11.5. The molecule has 4 atom stereocenters. The van der Waals surface area contributed by atoms with Crippen LogP contribution in [-0.4, -0.2) is 36.3 Å². The molecular formula is C33H33ClN4O3S. The third-order valence-electron chi connectivity index (χ3n) is 8.03. The van der Waals surface area contributed by atoms with Crippen molar-refractivity contribution in [1.29, 1.82) is 0 Å². The first-order chi connectivity index (χ1) is 20.3. The lowest BCUT2D eigenvalue weighted by atomic mass is 9.91. The molecule has 2 fully saturated rings. The Labute approximate surface area is 256 Å². The van der Waals surface area contributed by atoms with Gasteiger partial charge in [0.1, 0.15) is 17.6 Å². The van der Waals surface area contributed by atoms with E-state index in [9.17, 15) is 4.79 Å². The van der Waals surface area contributed by atoms with Crippen molar-refractivity contribution < 1.29 is 13.9 Å². The highest BCUT2D eigenvalue weighted by molar-refractivity contribution is 7.80. The number of nitrogens with zero attached hydrogens (tertiary/aromatic N) is 3. The van der Waals surface area contributed by atoms with Crippen molar-refractivity contribution in [2.24, 2.45) is 11.8 Å². The lowest BCUT2D eigenvalue weighted by Gasteiger charge is -2.37. The number of furan rings is 1. The van der Waals surface area contributed by atoms with Crippen LogP contribution in [0.4, 0.5) is 11.4 Å². The molecule has 2 aromatic carbocycles. The second-order valence-electron chi connectivity index (χ2n) is 11.2. The van der Waals surface area contributed by atoms with Gasteiger partial charge in [0.2, 0.25) is 0 Å². The van der Waals surface area contributed by atoms with Crippen LogP contribution in [0.1, 0.15) is 54.2 Å². The number of benzene rings is 2. The minimum Gasteiger partial charge on any atom is -0.465 e. The highest BCUT2D eigenvalue weighted by Gasteiger charge is 2.43. The zero-order valence-electron chi connectivity index (χ0n) is 23.8. The van der Waals surface area contributed by atoms with Gasteiger partial charge in [-0.1, -0.05) is 49.7 Å². The van der Waals surface area contributed by atoms with Crippen molar-refractivity contribution in [2.45, 2.75) is 32.4 Å². The maximum atomic E-state index is 12.5. The molecule has 0 aliphatic carbocycles. The molecule has 0 bridgehead atoms. The third kappa shape index (κ3) is 5.37. The number of aromatic nitrogens is 1. The molecule has 4 aromatic rings. The zero-order valence-corrected chi connectivity index (χ0v) is 25.4. The molecule has 216 valence electrons. The van der Waals surface area contributed by atoms with E-state index in [0.717, 1.165) is 30.2 Å². The Kier molecular flexibility index (Phi) is 7.92. The number of piperidine rings is 1. The van der Waals surface area contributed by atoms with Gasteiger partial charge in [0.25, 0.3) is 0 Å². The van der Waals surface area contributed by atoms with Crippen LogP contribution in [0.2, 0.25) is 5.02 Å². The number of methoxy groups -OCH3 is 1. The normalized spacial score (nSPS) is 22.2. The van der Waals surface area contributed by atoms with Crippen molar-refractivity contribution >= 4 is 46.3 Å². The SMILES string of the molecule is COC(=O)c1ccccc1-c1ccc(C2C(c3ccccn3)NC(=S)N2c2ccc(N3CC(C)CC(C)C3)c(Cl)c2)o1. The number of ether oxygens (including phenoxy) is 1. The van der Waals surface area contributed by atoms with Crippen LogP contribution in [-0.2, 0) is 4.74 Å². The quantitative estimate of drug-likeness (QED) is 0.181. The fourth-order valence-electron chi connectivity index (χ4n) is 6.33. The van der Waals surface area contributed by atoms with Gasteiger partial charge in [0.15, 0.2) is 5.11 Å². The van der Waals surface area contributed by atoms with Gasteiger partial charge < -0.3 is 24.3 Å². The molecule has 2 saturated heterocycles. The summed E-state index contributed by atoms with van der Waals surface area (Å²) in [5.74, 6) is 2.03. The average molecular weight is 601 g/mol. The molecule has 0 spiro atoms. The maximum absolute atomic E-state index is 12.5. The molecule has 0 amide bonds. The summed E-state index contributed by atoms with van der Waals surface area (Å²) >= 11 is 12.9. The number of hydrogen-bond donors (Lipinski definition) is 1. The lowest BCUT2D eigenvalue weighted by molar-refractivity contribution is 0.0601. The number of esters is 1. The van der Waals surface area contributed by atoms with Crippen LogP contribution in [0.3, 0.4) is 0 Å². The van der Waals surface area contributed by atoms with E-state index in [4.69, 9.17) is 33.0 Å². The molecule has 2 aliphatic rings. The van der Waals surface area contributed by atoms with E-state index >= 15 is 0 Å². The zero-order chi connectivity index (χ0) is 29.4. The Morgan fingerprint density at radius 3 is 2.52 bits per heavy atom. The van der Waals surface area contributed by atoms with Gasteiger partial charge in [-0.2, -0.15) is 0 Å². The lowest BCUT2D eigenvalue weighted by Crippen LogP contribution is -2.38. The largest absolute Gasteiger partial charge is 0.465 e. The number of nitrogens with one attached hydrogen (secondary N) is 1. The first-order valence-corrected chi connectivity index (χ1v) is 14.9. The van der Waals surface area contributed by atoms with E-state index in [0.29, 0.717) is 44.6 Å². The average Bonchev–Trinajstić information content (AvgIpc) is 3.61. The number of carbonyl (C=O) groups excluding carboxylic acids is 1. The maximum Gasteiger partial charge on any atom is 0.338 e. The highest BCUT2D eigenvalue weighted by Crippen LogP contribution is 2.45. The second-order valence-corrected chi connectivity index (χ2v) is 12.0. The monoisotopic (exact) mass is 600 g/mol. The van der Waals surface area contributed by atoms with Crippen LogP contribution in [0.15, 0.2) is 83.4 Å². The van der Waals surface area contributed by atoms with Gasteiger partial charge in [-0.3, -0.25) is 4.98 Å². The number of halogens is 1. The molecule has 2 aliphatic heterocycles. The van der Waals surface area contributed by atoms with Gasteiger partial charge in [-0.05, 0) is 79.0 Å². The summed E-state index contributed by atoms with van der Waals surface area (Å²) in [4.78, 5) is 21.5. The molecule has 6 rings (SSSR count). The number of anilines is 2.